The van der Waals surface area contributed by atoms with Gasteiger partial charge in [-0.05, 0) is 24.7 Å². The van der Waals surface area contributed by atoms with Crippen molar-refractivity contribution in [2.45, 2.75) is 6.04 Å². The van der Waals surface area contributed by atoms with E-state index in [2.05, 4.69) is 27.4 Å². The van der Waals surface area contributed by atoms with Gasteiger partial charge in [-0.2, -0.15) is 0 Å². The molecule has 18 heavy (non-hydrogen) atoms. The number of fused-ring (bicyclic) bond motifs is 1. The molecule has 5 heteroatoms. The Bertz CT molecular complexity index is 541. The molecule has 3 rings (SSSR count). The van der Waals surface area contributed by atoms with Crippen LogP contribution in [0.1, 0.15) is 11.6 Å². The van der Waals surface area contributed by atoms with Crippen LogP contribution in [0.15, 0.2) is 24.5 Å². The van der Waals surface area contributed by atoms with Gasteiger partial charge in [0.2, 0.25) is 0 Å². The Morgan fingerprint density at radius 3 is 3.00 bits per heavy atom. The van der Waals surface area contributed by atoms with Crippen molar-refractivity contribution in [3.63, 3.8) is 0 Å². The molecule has 1 unspecified atom stereocenters. The van der Waals surface area contributed by atoms with E-state index in [0.717, 1.165) is 24.2 Å². The number of nitrogens with zero attached hydrogens (tertiary/aromatic N) is 1. The molecule has 2 heterocycles. The number of hydrogen-bond acceptors (Lipinski definition) is 4. The molecule has 1 aromatic heterocycles. The molecule has 1 saturated heterocycles. The molecule has 0 saturated carbocycles. The molecule has 0 spiro atoms. The molecular weight excluding hydrogens is 228 g/mol. The molecule has 1 atom stereocenters. The maximum Gasteiger partial charge on any atom is 0.0931 e. The van der Waals surface area contributed by atoms with Crippen LogP contribution in [0.25, 0.3) is 11.0 Å². The van der Waals surface area contributed by atoms with E-state index in [4.69, 9.17) is 10.5 Å². The first-order chi connectivity index (χ1) is 8.79. The molecular formula is C13H18N4O. The van der Waals surface area contributed by atoms with Gasteiger partial charge < -0.3 is 20.8 Å². The molecule has 0 aliphatic carbocycles. The van der Waals surface area contributed by atoms with Crippen molar-refractivity contribution < 1.29 is 4.74 Å². The number of imidazole rings is 1. The number of rotatable bonds is 4. The molecule has 1 aliphatic rings. The van der Waals surface area contributed by atoms with E-state index in [-0.39, 0.29) is 11.5 Å². The summed E-state index contributed by atoms with van der Waals surface area (Å²) in [5.41, 5.74) is 9.22. The quantitative estimate of drug-likeness (QED) is 0.746. The smallest absolute Gasteiger partial charge is 0.0931 e. The van der Waals surface area contributed by atoms with E-state index in [9.17, 15) is 0 Å². The van der Waals surface area contributed by atoms with Gasteiger partial charge in [0.15, 0.2) is 0 Å². The normalized spacial score (nSPS) is 19.7. The summed E-state index contributed by atoms with van der Waals surface area (Å²) >= 11 is 0. The summed E-state index contributed by atoms with van der Waals surface area (Å²) in [6.45, 7) is 2.06. The number of aromatic nitrogens is 2. The minimum Gasteiger partial charge on any atom is -0.380 e. The Balaban J connectivity index is 1.99. The first kappa shape index (κ1) is 11.6. The first-order valence-electron chi connectivity index (χ1n) is 6.17. The zero-order chi connectivity index (χ0) is 12.6. The van der Waals surface area contributed by atoms with Crippen molar-refractivity contribution in [2.75, 3.05) is 26.8 Å². The summed E-state index contributed by atoms with van der Waals surface area (Å²) in [5.74, 6) is 0. The van der Waals surface area contributed by atoms with Crippen LogP contribution in [0.4, 0.5) is 0 Å². The predicted octanol–water partition coefficient (Wildman–Crippen LogP) is 0.799. The average molecular weight is 246 g/mol. The van der Waals surface area contributed by atoms with Crippen molar-refractivity contribution in [2.24, 2.45) is 11.1 Å². The Morgan fingerprint density at radius 1 is 1.56 bits per heavy atom. The Hall–Kier alpha value is -1.43. The van der Waals surface area contributed by atoms with Crippen molar-refractivity contribution in [3.8, 4) is 0 Å². The number of benzene rings is 1. The van der Waals surface area contributed by atoms with E-state index in [1.54, 1.807) is 6.33 Å². The van der Waals surface area contributed by atoms with E-state index in [0.29, 0.717) is 6.54 Å². The number of ether oxygens (including phenoxy) is 1. The van der Waals surface area contributed by atoms with Crippen LogP contribution < -0.4 is 11.1 Å². The standard InChI is InChI=1S/C13H18N4O/c1-15-12(13(5-14)6-18-7-13)9-2-3-10-11(4-9)17-8-16-10/h2-4,8,12,15H,5-7,14H2,1H3,(H,16,17). The second kappa shape index (κ2) is 4.35. The summed E-state index contributed by atoms with van der Waals surface area (Å²) in [6.07, 6.45) is 1.72. The van der Waals surface area contributed by atoms with Crippen LogP contribution in [0, 0.1) is 5.41 Å². The molecule has 4 N–H and O–H groups in total. The lowest BCUT2D eigenvalue weighted by Gasteiger charge is -2.46. The summed E-state index contributed by atoms with van der Waals surface area (Å²) in [4.78, 5) is 7.38. The van der Waals surface area contributed by atoms with Gasteiger partial charge in [-0.1, -0.05) is 6.07 Å². The second-order valence-electron chi connectivity index (χ2n) is 4.96. The topological polar surface area (TPSA) is 76.0 Å². The summed E-state index contributed by atoms with van der Waals surface area (Å²) < 4.78 is 5.37. The van der Waals surface area contributed by atoms with Crippen molar-refractivity contribution in [1.82, 2.24) is 15.3 Å². The van der Waals surface area contributed by atoms with Crippen molar-refractivity contribution in [1.29, 1.82) is 0 Å². The third-order valence-electron chi connectivity index (χ3n) is 3.86. The number of nitrogens with two attached hydrogens (primary N) is 1. The Labute approximate surface area is 106 Å². The number of nitrogens with one attached hydrogen (secondary N) is 2. The van der Waals surface area contributed by atoms with Gasteiger partial charge in [0.05, 0.1) is 30.6 Å². The minimum atomic E-state index is 0.0163. The molecule has 2 aromatic rings. The van der Waals surface area contributed by atoms with Gasteiger partial charge in [0.1, 0.15) is 0 Å². The van der Waals surface area contributed by atoms with Crippen LogP contribution in [0.2, 0.25) is 0 Å². The average Bonchev–Trinajstić information content (AvgIpc) is 2.80. The third-order valence-corrected chi connectivity index (χ3v) is 3.86. The van der Waals surface area contributed by atoms with Gasteiger partial charge in [0.25, 0.3) is 0 Å². The molecule has 0 amide bonds. The summed E-state index contributed by atoms with van der Waals surface area (Å²) in [7, 11) is 1.97. The number of aromatic amines is 1. The SMILES string of the molecule is CNC(c1ccc2nc[nH]c2c1)C1(CN)COC1. The van der Waals surface area contributed by atoms with E-state index < -0.39 is 0 Å². The summed E-state index contributed by atoms with van der Waals surface area (Å²) in [5, 5.41) is 3.37. The monoisotopic (exact) mass is 246 g/mol. The molecule has 96 valence electrons. The molecule has 1 fully saturated rings. The Kier molecular flexibility index (Phi) is 2.81. The lowest BCUT2D eigenvalue weighted by molar-refractivity contribution is -0.126. The molecule has 5 nitrogen and oxygen atoms in total. The largest absolute Gasteiger partial charge is 0.380 e. The van der Waals surface area contributed by atoms with Crippen LogP contribution >= 0.6 is 0 Å². The second-order valence-corrected chi connectivity index (χ2v) is 4.96. The van der Waals surface area contributed by atoms with Gasteiger partial charge in [0, 0.05) is 18.0 Å². The fourth-order valence-electron chi connectivity index (χ4n) is 2.73. The molecule has 1 aliphatic heterocycles. The fraction of sp³-hybridized carbons (Fsp3) is 0.462. The molecule has 1 aromatic carbocycles. The fourth-order valence-corrected chi connectivity index (χ4v) is 2.73. The lowest BCUT2D eigenvalue weighted by atomic mass is 9.75. The predicted molar refractivity (Wildman–Crippen MR) is 70.2 cm³/mol. The Morgan fingerprint density at radius 2 is 2.39 bits per heavy atom. The van der Waals surface area contributed by atoms with Crippen LogP contribution in [-0.4, -0.2) is 36.8 Å². The number of H-pyrrole nitrogens is 1. The highest BCUT2D eigenvalue weighted by molar-refractivity contribution is 5.75. The first-order valence-corrected chi connectivity index (χ1v) is 6.17. The number of hydrogen-bond donors (Lipinski definition) is 3. The highest BCUT2D eigenvalue weighted by Gasteiger charge is 2.44. The zero-order valence-corrected chi connectivity index (χ0v) is 10.4. The summed E-state index contributed by atoms with van der Waals surface area (Å²) in [6, 6.07) is 6.50. The highest BCUT2D eigenvalue weighted by Crippen LogP contribution is 2.39. The van der Waals surface area contributed by atoms with Gasteiger partial charge in [-0.25, -0.2) is 4.98 Å². The molecule has 0 radical (unpaired) electrons. The van der Waals surface area contributed by atoms with E-state index in [1.165, 1.54) is 5.56 Å². The van der Waals surface area contributed by atoms with E-state index >= 15 is 0 Å². The van der Waals surface area contributed by atoms with Gasteiger partial charge in [-0.3, -0.25) is 0 Å². The van der Waals surface area contributed by atoms with E-state index in [1.807, 2.05) is 13.1 Å². The zero-order valence-electron chi connectivity index (χ0n) is 10.4. The maximum absolute atomic E-state index is 5.94. The lowest BCUT2D eigenvalue weighted by Crippen LogP contribution is -2.55. The maximum atomic E-state index is 5.94. The third kappa shape index (κ3) is 1.63. The van der Waals surface area contributed by atoms with Crippen LogP contribution in [0.3, 0.4) is 0 Å². The highest BCUT2D eigenvalue weighted by atomic mass is 16.5. The minimum absolute atomic E-state index is 0.0163. The van der Waals surface area contributed by atoms with Crippen molar-refractivity contribution in [3.05, 3.63) is 30.1 Å². The van der Waals surface area contributed by atoms with Gasteiger partial charge in [-0.15, -0.1) is 0 Å². The molecule has 0 bridgehead atoms. The van der Waals surface area contributed by atoms with Crippen molar-refractivity contribution >= 4 is 11.0 Å². The van der Waals surface area contributed by atoms with Crippen LogP contribution in [0.5, 0.6) is 0 Å². The van der Waals surface area contributed by atoms with Crippen LogP contribution in [-0.2, 0) is 4.74 Å². The van der Waals surface area contributed by atoms with Gasteiger partial charge >= 0.3 is 0 Å².